The van der Waals surface area contributed by atoms with Crippen LogP contribution in [0.4, 0.5) is 0 Å². The lowest BCUT2D eigenvalue weighted by Gasteiger charge is -2.07. The minimum Gasteiger partial charge on any atom is -0.300 e. The maximum atomic E-state index is 12.0. The molecule has 0 unspecified atom stereocenters. The third-order valence-corrected chi connectivity index (χ3v) is 3.20. The number of nitrogens with zero attached hydrogens (tertiary/aromatic N) is 1. The van der Waals surface area contributed by atoms with Gasteiger partial charge >= 0.3 is 0 Å². The summed E-state index contributed by atoms with van der Waals surface area (Å²) in [6.45, 7) is 5.94. The Kier molecular flexibility index (Phi) is 5.83. The molecule has 1 aromatic rings. The van der Waals surface area contributed by atoms with E-state index in [0.29, 0.717) is 19.3 Å². The van der Waals surface area contributed by atoms with Gasteiger partial charge in [0.05, 0.1) is 0 Å². The van der Waals surface area contributed by atoms with Crippen molar-refractivity contribution in [1.82, 2.24) is 4.57 Å². The summed E-state index contributed by atoms with van der Waals surface area (Å²) in [4.78, 5) is 23.6. The molecule has 3 heteroatoms. The molecule has 1 aromatic heterocycles. The molecule has 0 amide bonds. The Morgan fingerprint density at radius 1 is 1.00 bits per heavy atom. The second-order valence-electron chi connectivity index (χ2n) is 4.84. The van der Waals surface area contributed by atoms with Crippen molar-refractivity contribution in [2.45, 2.75) is 59.3 Å². The Bertz CT molecular complexity index is 399. The summed E-state index contributed by atoms with van der Waals surface area (Å²) in [7, 11) is 0. The van der Waals surface area contributed by atoms with Crippen LogP contribution in [-0.2, 0) is 4.79 Å². The normalized spacial score (nSPS) is 10.6. The van der Waals surface area contributed by atoms with E-state index in [1.165, 1.54) is 0 Å². The summed E-state index contributed by atoms with van der Waals surface area (Å²) >= 11 is 0. The number of Topliss-reactive ketones (excluding diaryl/α,β-unsaturated/α-hetero) is 1. The molecule has 0 bridgehead atoms. The van der Waals surface area contributed by atoms with Gasteiger partial charge in [0.1, 0.15) is 5.78 Å². The molecule has 1 rings (SSSR count). The zero-order chi connectivity index (χ0) is 13.5. The van der Waals surface area contributed by atoms with E-state index in [-0.39, 0.29) is 11.7 Å². The number of unbranched alkanes of at least 4 members (excludes halogenated alkanes) is 2. The molecule has 0 saturated heterocycles. The van der Waals surface area contributed by atoms with Gasteiger partial charge in [-0.1, -0.05) is 19.8 Å². The number of aromatic nitrogens is 1. The van der Waals surface area contributed by atoms with Crippen LogP contribution in [0.3, 0.4) is 0 Å². The van der Waals surface area contributed by atoms with Crippen LogP contribution >= 0.6 is 0 Å². The summed E-state index contributed by atoms with van der Waals surface area (Å²) in [5.74, 6) is 0.234. The van der Waals surface area contributed by atoms with Gasteiger partial charge < -0.3 is 0 Å². The second kappa shape index (κ2) is 7.14. The summed E-state index contributed by atoms with van der Waals surface area (Å²) in [6, 6.07) is 3.85. The standard InChI is InChI=1S/C15H23NO2/c1-4-5-6-7-14(17)10-11-15(18)16-12(2)8-9-13(16)3/h8-9H,4-7,10-11H2,1-3H3. The Morgan fingerprint density at radius 2 is 1.61 bits per heavy atom. The smallest absolute Gasteiger partial charge is 0.231 e. The van der Waals surface area contributed by atoms with E-state index in [4.69, 9.17) is 0 Å². The second-order valence-corrected chi connectivity index (χ2v) is 4.84. The van der Waals surface area contributed by atoms with E-state index < -0.39 is 0 Å². The number of hydrogen-bond donors (Lipinski definition) is 0. The van der Waals surface area contributed by atoms with Crippen molar-refractivity contribution in [3.63, 3.8) is 0 Å². The third kappa shape index (κ3) is 4.13. The van der Waals surface area contributed by atoms with Gasteiger partial charge in [-0.2, -0.15) is 0 Å². The van der Waals surface area contributed by atoms with Crippen molar-refractivity contribution in [2.24, 2.45) is 0 Å². The number of aryl methyl sites for hydroxylation is 2. The van der Waals surface area contributed by atoms with Gasteiger partial charge in [-0.05, 0) is 32.4 Å². The minimum absolute atomic E-state index is 0.0267. The SMILES string of the molecule is CCCCCC(=O)CCC(=O)n1c(C)ccc1C. The predicted molar refractivity (Wildman–Crippen MR) is 72.9 cm³/mol. The average Bonchev–Trinajstić information content (AvgIpc) is 2.66. The fourth-order valence-electron chi connectivity index (χ4n) is 2.12. The van der Waals surface area contributed by atoms with Crippen molar-refractivity contribution in [3.05, 3.63) is 23.5 Å². The van der Waals surface area contributed by atoms with Gasteiger partial charge in [-0.15, -0.1) is 0 Å². The molecule has 0 aliphatic rings. The summed E-state index contributed by atoms with van der Waals surface area (Å²) in [5, 5.41) is 0. The zero-order valence-corrected chi connectivity index (χ0v) is 11.7. The molecular weight excluding hydrogens is 226 g/mol. The van der Waals surface area contributed by atoms with Crippen molar-refractivity contribution in [1.29, 1.82) is 0 Å². The first-order valence-corrected chi connectivity index (χ1v) is 6.76. The highest BCUT2D eigenvalue weighted by Gasteiger charge is 2.12. The lowest BCUT2D eigenvalue weighted by molar-refractivity contribution is -0.119. The highest BCUT2D eigenvalue weighted by Crippen LogP contribution is 2.10. The van der Waals surface area contributed by atoms with Crippen LogP contribution < -0.4 is 0 Å². The van der Waals surface area contributed by atoms with Crippen LogP contribution in [-0.4, -0.2) is 16.3 Å². The third-order valence-electron chi connectivity index (χ3n) is 3.20. The van der Waals surface area contributed by atoms with E-state index in [2.05, 4.69) is 6.92 Å². The Balaban J connectivity index is 2.40. The van der Waals surface area contributed by atoms with Gasteiger partial charge in [0.25, 0.3) is 0 Å². The van der Waals surface area contributed by atoms with Crippen molar-refractivity contribution in [2.75, 3.05) is 0 Å². The molecule has 0 radical (unpaired) electrons. The maximum absolute atomic E-state index is 12.0. The molecule has 3 nitrogen and oxygen atoms in total. The molecule has 0 saturated carbocycles. The summed E-state index contributed by atoms with van der Waals surface area (Å²) in [5.41, 5.74) is 1.88. The van der Waals surface area contributed by atoms with Crippen molar-refractivity contribution < 1.29 is 9.59 Å². The fourth-order valence-corrected chi connectivity index (χ4v) is 2.12. The monoisotopic (exact) mass is 249 g/mol. The number of carbonyl (C=O) groups excluding carboxylic acids is 2. The molecule has 0 atom stereocenters. The van der Waals surface area contributed by atoms with Gasteiger partial charge in [0, 0.05) is 30.7 Å². The molecular formula is C15H23NO2. The van der Waals surface area contributed by atoms with E-state index >= 15 is 0 Å². The molecule has 100 valence electrons. The molecule has 0 aromatic carbocycles. The van der Waals surface area contributed by atoms with Gasteiger partial charge in [-0.3, -0.25) is 14.2 Å². The highest BCUT2D eigenvalue weighted by atomic mass is 16.2. The van der Waals surface area contributed by atoms with Crippen LogP contribution in [0.5, 0.6) is 0 Å². The van der Waals surface area contributed by atoms with E-state index in [9.17, 15) is 9.59 Å². The first-order chi connectivity index (χ1) is 8.56. The lowest BCUT2D eigenvalue weighted by atomic mass is 10.1. The topological polar surface area (TPSA) is 39.1 Å². The quantitative estimate of drug-likeness (QED) is 0.691. The van der Waals surface area contributed by atoms with Crippen LogP contribution in [0.15, 0.2) is 12.1 Å². The van der Waals surface area contributed by atoms with Crippen LogP contribution in [0.2, 0.25) is 0 Å². The first kappa shape index (κ1) is 14.7. The van der Waals surface area contributed by atoms with Crippen molar-refractivity contribution >= 4 is 11.7 Å². The molecule has 0 spiro atoms. The predicted octanol–water partition coefficient (Wildman–Crippen LogP) is 3.67. The molecule has 0 fully saturated rings. The van der Waals surface area contributed by atoms with E-state index in [0.717, 1.165) is 30.7 Å². The Labute approximate surface area is 109 Å². The van der Waals surface area contributed by atoms with Crippen LogP contribution in [0, 0.1) is 13.8 Å². The van der Waals surface area contributed by atoms with E-state index in [1.54, 1.807) is 4.57 Å². The fraction of sp³-hybridized carbons (Fsp3) is 0.600. The molecule has 0 N–H and O–H groups in total. The van der Waals surface area contributed by atoms with Gasteiger partial charge in [-0.25, -0.2) is 0 Å². The zero-order valence-electron chi connectivity index (χ0n) is 11.7. The molecule has 0 aliphatic carbocycles. The van der Waals surface area contributed by atoms with Crippen LogP contribution in [0.1, 0.15) is 61.6 Å². The number of ketones is 1. The minimum atomic E-state index is 0.0267. The Hall–Kier alpha value is -1.38. The summed E-state index contributed by atoms with van der Waals surface area (Å²) in [6.07, 6.45) is 4.47. The van der Waals surface area contributed by atoms with Gasteiger partial charge in [0.15, 0.2) is 0 Å². The number of rotatable bonds is 7. The lowest BCUT2D eigenvalue weighted by Crippen LogP contribution is -2.15. The number of carbonyl (C=O) groups is 2. The largest absolute Gasteiger partial charge is 0.300 e. The first-order valence-electron chi connectivity index (χ1n) is 6.76. The number of hydrogen-bond acceptors (Lipinski definition) is 2. The maximum Gasteiger partial charge on any atom is 0.231 e. The van der Waals surface area contributed by atoms with E-state index in [1.807, 2.05) is 26.0 Å². The molecule has 1 heterocycles. The summed E-state index contributed by atoms with van der Waals surface area (Å²) < 4.78 is 1.69. The highest BCUT2D eigenvalue weighted by molar-refractivity contribution is 5.86. The molecule has 18 heavy (non-hydrogen) atoms. The molecule has 0 aliphatic heterocycles. The van der Waals surface area contributed by atoms with Crippen LogP contribution in [0.25, 0.3) is 0 Å². The Morgan fingerprint density at radius 3 is 2.17 bits per heavy atom. The van der Waals surface area contributed by atoms with Crippen molar-refractivity contribution in [3.8, 4) is 0 Å². The van der Waals surface area contributed by atoms with Gasteiger partial charge in [0.2, 0.25) is 5.91 Å². The average molecular weight is 249 g/mol.